The number of amides is 1. The van der Waals surface area contributed by atoms with Crippen LogP contribution in [0.1, 0.15) is 10.4 Å². The van der Waals surface area contributed by atoms with E-state index >= 15 is 0 Å². The van der Waals surface area contributed by atoms with E-state index in [1.165, 1.54) is 26.4 Å². The molecule has 2 aromatic carbocycles. The quantitative estimate of drug-likeness (QED) is 0.538. The maximum Gasteiger partial charge on any atom is 0.269 e. The lowest BCUT2D eigenvalue weighted by atomic mass is 10.2. The molecule has 0 aliphatic carbocycles. The van der Waals surface area contributed by atoms with Crippen molar-refractivity contribution in [2.24, 2.45) is 0 Å². The van der Waals surface area contributed by atoms with Gasteiger partial charge in [-0.05, 0) is 48.6 Å². The molecule has 0 spiro atoms. The first kappa shape index (κ1) is 19.1. The van der Waals surface area contributed by atoms with Gasteiger partial charge in [0.25, 0.3) is 5.91 Å². The van der Waals surface area contributed by atoms with Crippen molar-refractivity contribution in [3.8, 4) is 11.5 Å². The summed E-state index contributed by atoms with van der Waals surface area (Å²) in [5.41, 5.74) is 6.08. The van der Waals surface area contributed by atoms with Gasteiger partial charge in [0, 0.05) is 16.3 Å². The Labute approximate surface area is 160 Å². The van der Waals surface area contributed by atoms with Crippen molar-refractivity contribution in [1.29, 1.82) is 0 Å². The Morgan fingerprint density at radius 1 is 1.04 bits per heavy atom. The minimum absolute atomic E-state index is 0.210. The number of benzene rings is 2. The molecule has 132 valence electrons. The maximum absolute atomic E-state index is 12.2. The Kier molecular flexibility index (Phi) is 6.69. The minimum Gasteiger partial charge on any atom is -0.493 e. The minimum atomic E-state index is -0.442. The summed E-state index contributed by atoms with van der Waals surface area (Å²) in [6.45, 7) is 0. The van der Waals surface area contributed by atoms with E-state index in [1.54, 1.807) is 24.3 Å². The summed E-state index contributed by atoms with van der Waals surface area (Å²) >= 11 is 17.0. The van der Waals surface area contributed by atoms with Crippen LogP contribution in [-0.4, -0.2) is 25.2 Å². The van der Waals surface area contributed by atoms with E-state index in [1.807, 2.05) is 0 Å². The third kappa shape index (κ3) is 5.12. The Morgan fingerprint density at radius 3 is 2.32 bits per heavy atom. The van der Waals surface area contributed by atoms with Gasteiger partial charge in [0.15, 0.2) is 16.6 Å². The van der Waals surface area contributed by atoms with Crippen LogP contribution in [0.3, 0.4) is 0 Å². The van der Waals surface area contributed by atoms with Gasteiger partial charge in [0.05, 0.1) is 19.2 Å². The fourth-order valence-corrected chi connectivity index (χ4v) is 2.51. The van der Waals surface area contributed by atoms with Crippen LogP contribution in [0.15, 0.2) is 36.4 Å². The predicted octanol–water partition coefficient (Wildman–Crippen LogP) is 3.64. The van der Waals surface area contributed by atoms with Crippen molar-refractivity contribution in [3.05, 3.63) is 52.0 Å². The summed E-state index contributed by atoms with van der Waals surface area (Å²) in [7, 11) is 2.92. The lowest BCUT2D eigenvalue weighted by Gasteiger charge is -2.14. The van der Waals surface area contributed by atoms with Gasteiger partial charge in [-0.15, -0.1) is 0 Å². The standard InChI is InChI=1S/C16H15Cl2N3O3S/c1-23-13-8-9(7-12(18)14(13)24-2)15(22)20-21-16(25)19-11-5-3-10(17)4-6-11/h3-8H,1-2H3,(H,20,22)(H2,19,21,25). The molecule has 2 aromatic rings. The Morgan fingerprint density at radius 2 is 1.72 bits per heavy atom. The van der Waals surface area contributed by atoms with Crippen molar-refractivity contribution < 1.29 is 14.3 Å². The van der Waals surface area contributed by atoms with Gasteiger partial charge in [-0.2, -0.15) is 0 Å². The highest BCUT2D eigenvalue weighted by Crippen LogP contribution is 2.35. The fourth-order valence-electron chi connectivity index (χ4n) is 1.93. The highest BCUT2D eigenvalue weighted by atomic mass is 35.5. The molecule has 0 saturated heterocycles. The zero-order valence-corrected chi connectivity index (χ0v) is 15.7. The van der Waals surface area contributed by atoms with Crippen molar-refractivity contribution in [2.45, 2.75) is 0 Å². The van der Waals surface area contributed by atoms with Crippen molar-refractivity contribution >= 4 is 52.1 Å². The third-order valence-corrected chi connectivity index (χ3v) is 3.82. The number of rotatable bonds is 4. The molecule has 25 heavy (non-hydrogen) atoms. The van der Waals surface area contributed by atoms with Gasteiger partial charge >= 0.3 is 0 Å². The van der Waals surface area contributed by atoms with Crippen LogP contribution < -0.4 is 25.6 Å². The van der Waals surface area contributed by atoms with Crippen LogP contribution in [0.2, 0.25) is 10.0 Å². The third-order valence-electron chi connectivity index (χ3n) is 3.09. The molecular weight excluding hydrogens is 385 g/mol. The number of anilines is 1. The SMILES string of the molecule is COc1cc(C(=O)NNC(=S)Nc2ccc(Cl)cc2)cc(Cl)c1OC. The first-order chi connectivity index (χ1) is 11.9. The molecule has 0 atom stereocenters. The lowest BCUT2D eigenvalue weighted by molar-refractivity contribution is 0.0944. The second-order valence-corrected chi connectivity index (χ2v) is 5.99. The second-order valence-electron chi connectivity index (χ2n) is 4.73. The molecule has 0 heterocycles. The van der Waals surface area contributed by atoms with Crippen LogP contribution >= 0.6 is 35.4 Å². The zero-order chi connectivity index (χ0) is 18.4. The van der Waals surface area contributed by atoms with E-state index in [4.69, 9.17) is 44.9 Å². The average molecular weight is 400 g/mol. The molecule has 0 fully saturated rings. The zero-order valence-electron chi connectivity index (χ0n) is 13.4. The first-order valence-electron chi connectivity index (χ1n) is 6.99. The second kappa shape index (κ2) is 8.75. The molecule has 2 rings (SSSR count). The molecule has 0 bridgehead atoms. The van der Waals surface area contributed by atoms with Gasteiger partial charge in [0.1, 0.15) is 0 Å². The number of halogens is 2. The molecule has 0 aliphatic rings. The highest BCUT2D eigenvalue weighted by Gasteiger charge is 2.15. The van der Waals surface area contributed by atoms with Crippen LogP contribution in [0.25, 0.3) is 0 Å². The van der Waals surface area contributed by atoms with E-state index in [2.05, 4.69) is 16.2 Å². The van der Waals surface area contributed by atoms with Crippen molar-refractivity contribution in [3.63, 3.8) is 0 Å². The summed E-state index contributed by atoms with van der Waals surface area (Å²) in [6, 6.07) is 9.93. The fraction of sp³-hybridized carbons (Fsp3) is 0.125. The van der Waals surface area contributed by atoms with Gasteiger partial charge in [-0.1, -0.05) is 23.2 Å². The molecule has 0 aliphatic heterocycles. The molecule has 1 amide bonds. The molecule has 3 N–H and O–H groups in total. The number of carbonyl (C=O) groups excluding carboxylic acids is 1. The monoisotopic (exact) mass is 399 g/mol. The summed E-state index contributed by atoms with van der Waals surface area (Å²) in [5.74, 6) is 0.263. The number of hydrazine groups is 1. The van der Waals surface area contributed by atoms with Crippen LogP contribution in [0.5, 0.6) is 11.5 Å². The smallest absolute Gasteiger partial charge is 0.269 e. The van der Waals surface area contributed by atoms with Crippen LogP contribution in [0, 0.1) is 0 Å². The average Bonchev–Trinajstić information content (AvgIpc) is 2.60. The number of hydrogen-bond acceptors (Lipinski definition) is 4. The normalized spacial score (nSPS) is 9.92. The molecule has 0 radical (unpaired) electrons. The van der Waals surface area contributed by atoms with E-state index in [0.717, 1.165) is 5.69 Å². The number of thiocarbonyl (C=S) groups is 1. The summed E-state index contributed by atoms with van der Waals surface area (Å²) in [5, 5.41) is 3.99. The predicted molar refractivity (Wildman–Crippen MR) is 103 cm³/mol. The molecule has 0 unspecified atom stereocenters. The van der Waals surface area contributed by atoms with Crippen LogP contribution in [0.4, 0.5) is 5.69 Å². The largest absolute Gasteiger partial charge is 0.493 e. The number of nitrogens with one attached hydrogen (secondary N) is 3. The Bertz CT molecular complexity index is 785. The number of methoxy groups -OCH3 is 2. The topological polar surface area (TPSA) is 71.6 Å². The van der Waals surface area contributed by atoms with Crippen molar-refractivity contribution in [1.82, 2.24) is 10.9 Å². The molecule has 0 aromatic heterocycles. The molecular formula is C16H15Cl2N3O3S. The summed E-state index contributed by atoms with van der Waals surface area (Å²) in [4.78, 5) is 12.2. The van der Waals surface area contributed by atoms with Gasteiger partial charge < -0.3 is 14.8 Å². The summed E-state index contributed by atoms with van der Waals surface area (Å²) < 4.78 is 10.3. The molecule has 6 nitrogen and oxygen atoms in total. The molecule has 9 heteroatoms. The van der Waals surface area contributed by atoms with Crippen molar-refractivity contribution in [2.75, 3.05) is 19.5 Å². The van der Waals surface area contributed by atoms with Gasteiger partial charge in [0.2, 0.25) is 0 Å². The van der Waals surface area contributed by atoms with E-state index in [9.17, 15) is 4.79 Å². The van der Waals surface area contributed by atoms with Gasteiger partial charge in [-0.3, -0.25) is 15.6 Å². The maximum atomic E-state index is 12.2. The van der Waals surface area contributed by atoms with E-state index in [0.29, 0.717) is 16.5 Å². The number of hydrogen-bond donors (Lipinski definition) is 3. The Balaban J connectivity index is 1.99. The van der Waals surface area contributed by atoms with Gasteiger partial charge in [-0.25, -0.2) is 0 Å². The summed E-state index contributed by atoms with van der Waals surface area (Å²) in [6.07, 6.45) is 0. The lowest BCUT2D eigenvalue weighted by Crippen LogP contribution is -2.43. The number of carbonyl (C=O) groups is 1. The van der Waals surface area contributed by atoms with E-state index < -0.39 is 5.91 Å². The first-order valence-corrected chi connectivity index (χ1v) is 8.15. The van der Waals surface area contributed by atoms with Crippen LogP contribution in [-0.2, 0) is 0 Å². The number of ether oxygens (including phenoxy) is 2. The molecule has 0 saturated carbocycles. The van der Waals surface area contributed by atoms with E-state index in [-0.39, 0.29) is 15.7 Å². The highest BCUT2D eigenvalue weighted by molar-refractivity contribution is 7.80. The Hall–Kier alpha value is -2.22.